The maximum Gasteiger partial charge on any atom is 0.416 e. The fourth-order valence-electron chi connectivity index (χ4n) is 2.44. The van der Waals surface area contributed by atoms with Crippen molar-refractivity contribution in [2.75, 3.05) is 11.9 Å². The number of hydrogen-bond donors (Lipinski definition) is 1. The van der Waals surface area contributed by atoms with Crippen molar-refractivity contribution in [2.24, 2.45) is 0 Å². The number of alkyl halides is 3. The molecular weight excluding hydrogens is 259 g/mol. The van der Waals surface area contributed by atoms with Crippen LogP contribution in [0.15, 0.2) is 18.2 Å². The van der Waals surface area contributed by atoms with Gasteiger partial charge in [0.2, 0.25) is 0 Å². The highest BCUT2D eigenvalue weighted by Crippen LogP contribution is 2.37. The largest absolute Gasteiger partial charge is 0.481 e. The van der Waals surface area contributed by atoms with Crippen molar-refractivity contribution >= 4 is 11.7 Å². The number of carboxylic acid groups (broad SMARTS) is 1. The topological polar surface area (TPSA) is 40.5 Å². The zero-order chi connectivity index (χ0) is 14.2. The van der Waals surface area contributed by atoms with E-state index in [0.717, 1.165) is 17.8 Å². The van der Waals surface area contributed by atoms with Crippen molar-refractivity contribution < 1.29 is 23.1 Å². The minimum absolute atomic E-state index is 0.0229. The molecule has 3 nitrogen and oxygen atoms in total. The third kappa shape index (κ3) is 2.83. The van der Waals surface area contributed by atoms with Gasteiger partial charge in [-0.3, -0.25) is 4.79 Å². The van der Waals surface area contributed by atoms with Crippen LogP contribution in [-0.4, -0.2) is 24.2 Å². The molecule has 1 heterocycles. The molecule has 0 saturated heterocycles. The molecule has 1 aromatic rings. The molecule has 1 N–H and O–H groups in total. The number of fused-ring (bicyclic) bond motifs is 1. The SMILES string of the molecule is CN1c2ccc(C(F)(F)F)cc2CC1CCC(=O)O. The molecule has 1 aromatic carbocycles. The van der Waals surface area contributed by atoms with E-state index in [9.17, 15) is 18.0 Å². The Kier molecular flexibility index (Phi) is 3.43. The lowest BCUT2D eigenvalue weighted by Crippen LogP contribution is -2.28. The van der Waals surface area contributed by atoms with Crippen LogP contribution in [0.5, 0.6) is 0 Å². The van der Waals surface area contributed by atoms with E-state index in [4.69, 9.17) is 5.11 Å². The maximum absolute atomic E-state index is 12.6. The van der Waals surface area contributed by atoms with Crippen LogP contribution >= 0.6 is 0 Å². The molecule has 0 spiro atoms. The first-order valence-corrected chi connectivity index (χ1v) is 5.94. The molecule has 0 aliphatic carbocycles. The summed E-state index contributed by atoms with van der Waals surface area (Å²) >= 11 is 0. The standard InChI is InChI=1S/C13H14F3NO2/c1-17-10(3-5-12(18)19)7-8-6-9(13(14,15)16)2-4-11(8)17/h2,4,6,10H,3,5,7H2,1H3,(H,18,19). The number of rotatable bonds is 3. The summed E-state index contributed by atoms with van der Waals surface area (Å²) in [6, 6.07) is 3.63. The molecule has 1 aliphatic rings. The van der Waals surface area contributed by atoms with E-state index in [1.54, 1.807) is 7.05 Å². The molecule has 1 atom stereocenters. The molecule has 0 aromatic heterocycles. The molecule has 0 amide bonds. The molecular formula is C13H14F3NO2. The fraction of sp³-hybridized carbons (Fsp3) is 0.462. The summed E-state index contributed by atoms with van der Waals surface area (Å²) in [5, 5.41) is 8.66. The Hall–Kier alpha value is -1.72. The van der Waals surface area contributed by atoms with Crippen LogP contribution in [0, 0.1) is 0 Å². The van der Waals surface area contributed by atoms with Crippen LogP contribution < -0.4 is 4.90 Å². The summed E-state index contributed by atoms with van der Waals surface area (Å²) in [6.45, 7) is 0. The Bertz CT molecular complexity index is 499. The molecule has 0 saturated carbocycles. The van der Waals surface area contributed by atoms with E-state index in [-0.39, 0.29) is 12.5 Å². The maximum atomic E-state index is 12.6. The lowest BCUT2D eigenvalue weighted by Gasteiger charge is -2.22. The highest BCUT2D eigenvalue weighted by atomic mass is 19.4. The number of carbonyl (C=O) groups is 1. The predicted octanol–water partition coefficient (Wildman–Crippen LogP) is 2.93. The van der Waals surface area contributed by atoms with Gasteiger partial charge in [0.05, 0.1) is 5.56 Å². The van der Waals surface area contributed by atoms with Crippen molar-refractivity contribution in [3.63, 3.8) is 0 Å². The molecule has 0 fully saturated rings. The number of likely N-dealkylation sites (N-methyl/N-ethyl adjacent to an activating group) is 1. The number of hydrogen-bond acceptors (Lipinski definition) is 2. The Morgan fingerprint density at radius 3 is 2.74 bits per heavy atom. The Morgan fingerprint density at radius 1 is 1.47 bits per heavy atom. The lowest BCUT2D eigenvalue weighted by molar-refractivity contribution is -0.138. The van der Waals surface area contributed by atoms with E-state index in [1.165, 1.54) is 6.07 Å². The van der Waals surface area contributed by atoms with Crippen LogP contribution in [0.2, 0.25) is 0 Å². The summed E-state index contributed by atoms with van der Waals surface area (Å²) in [7, 11) is 1.78. The van der Waals surface area contributed by atoms with Crippen LogP contribution in [0.25, 0.3) is 0 Å². The average Bonchev–Trinajstić information content (AvgIpc) is 2.62. The van der Waals surface area contributed by atoms with Gasteiger partial charge < -0.3 is 10.0 Å². The van der Waals surface area contributed by atoms with Crippen molar-refractivity contribution in [2.45, 2.75) is 31.5 Å². The van der Waals surface area contributed by atoms with Gasteiger partial charge in [-0.1, -0.05) is 0 Å². The van der Waals surface area contributed by atoms with Crippen molar-refractivity contribution in [3.05, 3.63) is 29.3 Å². The van der Waals surface area contributed by atoms with E-state index in [0.29, 0.717) is 18.4 Å². The highest BCUT2D eigenvalue weighted by Gasteiger charge is 2.34. The van der Waals surface area contributed by atoms with Gasteiger partial charge in [0, 0.05) is 25.2 Å². The Balaban J connectivity index is 2.18. The summed E-state index contributed by atoms with van der Waals surface area (Å²) in [4.78, 5) is 12.4. The predicted molar refractivity (Wildman–Crippen MR) is 64.2 cm³/mol. The van der Waals surface area contributed by atoms with Gasteiger partial charge in [0.15, 0.2) is 0 Å². The average molecular weight is 273 g/mol. The van der Waals surface area contributed by atoms with Gasteiger partial charge in [-0.25, -0.2) is 0 Å². The first-order valence-electron chi connectivity index (χ1n) is 5.94. The number of halogens is 3. The van der Waals surface area contributed by atoms with Gasteiger partial charge in [-0.15, -0.1) is 0 Å². The van der Waals surface area contributed by atoms with Crippen molar-refractivity contribution in [1.29, 1.82) is 0 Å². The summed E-state index contributed by atoms with van der Waals surface area (Å²) in [5.41, 5.74) is 0.731. The quantitative estimate of drug-likeness (QED) is 0.920. The summed E-state index contributed by atoms with van der Waals surface area (Å²) in [5.74, 6) is -0.889. The van der Waals surface area contributed by atoms with E-state index in [2.05, 4.69) is 0 Å². The van der Waals surface area contributed by atoms with E-state index in [1.807, 2.05) is 4.90 Å². The molecule has 104 valence electrons. The third-order valence-electron chi connectivity index (χ3n) is 3.48. The molecule has 0 radical (unpaired) electrons. The zero-order valence-corrected chi connectivity index (χ0v) is 10.4. The number of anilines is 1. The second-order valence-electron chi connectivity index (χ2n) is 4.74. The van der Waals surface area contributed by atoms with Crippen LogP contribution in [0.3, 0.4) is 0 Å². The Morgan fingerprint density at radius 2 is 2.16 bits per heavy atom. The highest BCUT2D eigenvalue weighted by molar-refractivity contribution is 5.67. The van der Waals surface area contributed by atoms with Gasteiger partial charge >= 0.3 is 12.1 Å². The summed E-state index contributed by atoms with van der Waals surface area (Å²) < 4.78 is 37.8. The summed E-state index contributed by atoms with van der Waals surface area (Å²) in [6.07, 6.45) is -3.42. The zero-order valence-electron chi connectivity index (χ0n) is 10.4. The van der Waals surface area contributed by atoms with Gasteiger partial charge in [-0.05, 0) is 36.6 Å². The van der Waals surface area contributed by atoms with Gasteiger partial charge in [0.1, 0.15) is 0 Å². The lowest BCUT2D eigenvalue weighted by atomic mass is 10.0. The Labute approximate surface area is 108 Å². The second-order valence-corrected chi connectivity index (χ2v) is 4.74. The number of benzene rings is 1. The second kappa shape index (κ2) is 4.75. The van der Waals surface area contributed by atoms with E-state index >= 15 is 0 Å². The first-order chi connectivity index (χ1) is 8.79. The monoisotopic (exact) mass is 273 g/mol. The number of nitrogens with zero attached hydrogens (tertiary/aromatic N) is 1. The molecule has 6 heteroatoms. The molecule has 0 bridgehead atoms. The first kappa shape index (κ1) is 13.7. The third-order valence-corrected chi connectivity index (χ3v) is 3.48. The smallest absolute Gasteiger partial charge is 0.416 e. The van der Waals surface area contributed by atoms with Crippen LogP contribution in [-0.2, 0) is 17.4 Å². The van der Waals surface area contributed by atoms with Crippen molar-refractivity contribution in [3.8, 4) is 0 Å². The van der Waals surface area contributed by atoms with Crippen LogP contribution in [0.4, 0.5) is 18.9 Å². The number of aliphatic carboxylic acids is 1. The minimum Gasteiger partial charge on any atom is -0.481 e. The molecule has 1 unspecified atom stereocenters. The molecule has 19 heavy (non-hydrogen) atoms. The number of carboxylic acids is 1. The normalized spacial score (nSPS) is 18.5. The minimum atomic E-state index is -4.34. The van der Waals surface area contributed by atoms with Crippen LogP contribution in [0.1, 0.15) is 24.0 Å². The molecule has 2 rings (SSSR count). The molecule has 1 aliphatic heterocycles. The van der Waals surface area contributed by atoms with Crippen molar-refractivity contribution in [1.82, 2.24) is 0 Å². The fourth-order valence-corrected chi connectivity index (χ4v) is 2.44. The van der Waals surface area contributed by atoms with Gasteiger partial charge in [-0.2, -0.15) is 13.2 Å². The van der Waals surface area contributed by atoms with Gasteiger partial charge in [0.25, 0.3) is 0 Å². The van der Waals surface area contributed by atoms with E-state index < -0.39 is 17.7 Å².